The van der Waals surface area contributed by atoms with Crippen LogP contribution in [0.3, 0.4) is 0 Å². The number of nitrogens with zero attached hydrogens (tertiary/aromatic N) is 1. The highest BCUT2D eigenvalue weighted by molar-refractivity contribution is 5.90. The van der Waals surface area contributed by atoms with Crippen LogP contribution in [0, 0.1) is 19.3 Å². The monoisotopic (exact) mass is 573 g/mol. The molecular weight excluding hydrogens is 530 g/mol. The first kappa shape index (κ1) is 28.5. The van der Waals surface area contributed by atoms with Crippen molar-refractivity contribution in [2.75, 3.05) is 0 Å². The Morgan fingerprint density at radius 2 is 1.66 bits per heavy atom. The lowest BCUT2D eigenvalue weighted by Crippen LogP contribution is -2.36. The molecule has 3 aliphatic rings. The van der Waals surface area contributed by atoms with Gasteiger partial charge in [-0.2, -0.15) is 0 Å². The van der Waals surface area contributed by atoms with E-state index in [1.807, 2.05) is 0 Å². The minimum Gasteiger partial charge on any atom is -0.313 e. The molecule has 220 valence electrons. The summed E-state index contributed by atoms with van der Waals surface area (Å²) in [6.45, 7) is 16.1. The van der Waals surface area contributed by atoms with Crippen LogP contribution in [0.5, 0.6) is 0 Å². The van der Waals surface area contributed by atoms with Crippen LogP contribution in [-0.4, -0.2) is 4.57 Å². The van der Waals surface area contributed by atoms with Gasteiger partial charge in [-0.1, -0.05) is 121 Å². The molecule has 1 nitrogen and oxygen atoms in total. The first-order chi connectivity index (χ1) is 21.2. The Hall–Kier alpha value is -4.28. The van der Waals surface area contributed by atoms with Crippen molar-refractivity contribution in [1.29, 1.82) is 0 Å². The van der Waals surface area contributed by atoms with Gasteiger partial charge < -0.3 is 4.57 Å². The van der Waals surface area contributed by atoms with E-state index < -0.39 is 0 Å². The van der Waals surface area contributed by atoms with E-state index in [0.29, 0.717) is 0 Å². The van der Waals surface area contributed by atoms with Gasteiger partial charge in [0.2, 0.25) is 0 Å². The van der Waals surface area contributed by atoms with Gasteiger partial charge in [-0.15, -0.1) is 6.42 Å². The molecule has 0 radical (unpaired) electrons. The third-order valence-electron chi connectivity index (χ3n) is 10.6. The van der Waals surface area contributed by atoms with Crippen molar-refractivity contribution < 1.29 is 0 Å². The van der Waals surface area contributed by atoms with Crippen molar-refractivity contribution in [2.24, 2.45) is 0 Å². The molecule has 1 aromatic heterocycles. The zero-order valence-corrected chi connectivity index (χ0v) is 27.4. The maximum Gasteiger partial charge on any atom is 0.0619 e. The standard InChI is InChI=1S/C43H43N/c1-9-12-18-30-27(4)44(29-23-25-32-31(16-10-2)35(11-3)42(5,6)38(32)26-29)41-33(30)24-22-28-17-15-21-37-39(28)40(41)34-19-13-14-20-36(34)43(37,7)8/h3,12-15,17-21,23-26H,9-10,16,22H2,1-2,4-8H3/b18-12-. The van der Waals surface area contributed by atoms with Crippen LogP contribution < -0.4 is 10.6 Å². The van der Waals surface area contributed by atoms with E-state index in [0.717, 1.165) is 31.3 Å². The second kappa shape index (κ2) is 10.1. The van der Waals surface area contributed by atoms with E-state index in [1.54, 1.807) is 0 Å². The summed E-state index contributed by atoms with van der Waals surface area (Å²) in [6, 6.07) is 23.2. The quantitative estimate of drug-likeness (QED) is 0.210. The summed E-state index contributed by atoms with van der Waals surface area (Å²) in [5.41, 5.74) is 17.0. The van der Waals surface area contributed by atoms with E-state index in [4.69, 9.17) is 6.42 Å². The van der Waals surface area contributed by atoms with E-state index >= 15 is 0 Å². The number of rotatable bonds is 5. The SMILES string of the molecule is C#CC1=C(CCC)c2ccc(-n3c(C)c(/C=C\CC)c4c3=C3c5ccccc5C(C)(C)c5cccc(c53)CC=4)cc2C1(C)C. The van der Waals surface area contributed by atoms with E-state index in [2.05, 4.69) is 138 Å². The first-order valence-electron chi connectivity index (χ1n) is 16.4. The normalized spacial score (nSPS) is 17.0. The summed E-state index contributed by atoms with van der Waals surface area (Å²) in [5.74, 6) is 3.11. The van der Waals surface area contributed by atoms with Gasteiger partial charge in [-0.25, -0.2) is 0 Å². The molecule has 0 N–H and O–H groups in total. The van der Waals surface area contributed by atoms with Crippen molar-refractivity contribution >= 4 is 23.3 Å². The fraction of sp³-hybridized carbons (Fsp3) is 0.302. The van der Waals surface area contributed by atoms with Gasteiger partial charge in [0.05, 0.1) is 5.35 Å². The molecule has 44 heavy (non-hydrogen) atoms. The lowest BCUT2D eigenvalue weighted by molar-refractivity contribution is 0.628. The van der Waals surface area contributed by atoms with Crippen LogP contribution in [0.2, 0.25) is 0 Å². The number of fused-ring (bicyclic) bond motifs is 4. The van der Waals surface area contributed by atoms with Crippen molar-refractivity contribution in [1.82, 2.24) is 4.57 Å². The molecule has 0 bridgehead atoms. The molecule has 1 heteroatoms. The van der Waals surface area contributed by atoms with Crippen molar-refractivity contribution in [3.8, 4) is 18.0 Å². The van der Waals surface area contributed by atoms with Crippen LogP contribution >= 0.6 is 0 Å². The maximum absolute atomic E-state index is 6.18. The second-order valence-corrected chi connectivity index (χ2v) is 13.8. The summed E-state index contributed by atoms with van der Waals surface area (Å²) < 4.78 is 2.56. The highest BCUT2D eigenvalue weighted by Crippen LogP contribution is 2.49. The van der Waals surface area contributed by atoms with Crippen LogP contribution in [-0.2, 0) is 17.3 Å². The summed E-state index contributed by atoms with van der Waals surface area (Å²) in [4.78, 5) is 0. The number of allylic oxidation sites excluding steroid dienone is 3. The molecule has 1 heterocycles. The van der Waals surface area contributed by atoms with E-state index in [1.165, 1.54) is 77.6 Å². The van der Waals surface area contributed by atoms with E-state index in [9.17, 15) is 0 Å². The average molecular weight is 574 g/mol. The summed E-state index contributed by atoms with van der Waals surface area (Å²) in [5, 5.41) is 2.65. The lowest BCUT2D eigenvalue weighted by Gasteiger charge is -2.37. The highest BCUT2D eigenvalue weighted by Gasteiger charge is 2.39. The molecule has 3 aromatic carbocycles. The van der Waals surface area contributed by atoms with Gasteiger partial charge in [-0.3, -0.25) is 0 Å². The number of aromatic nitrogens is 1. The molecule has 3 aliphatic carbocycles. The highest BCUT2D eigenvalue weighted by atomic mass is 15.0. The topological polar surface area (TPSA) is 4.93 Å². The largest absolute Gasteiger partial charge is 0.313 e. The Bertz CT molecular complexity index is 2090. The molecule has 0 fully saturated rings. The van der Waals surface area contributed by atoms with Gasteiger partial charge in [-0.05, 0) is 82.8 Å². The van der Waals surface area contributed by atoms with Gasteiger partial charge in [0.1, 0.15) is 0 Å². The van der Waals surface area contributed by atoms with Crippen LogP contribution in [0.4, 0.5) is 0 Å². The molecule has 0 amide bonds. The predicted molar refractivity (Wildman–Crippen MR) is 188 cm³/mol. The Morgan fingerprint density at radius 3 is 2.41 bits per heavy atom. The predicted octanol–water partition coefficient (Wildman–Crippen LogP) is 8.91. The maximum atomic E-state index is 6.18. The smallest absolute Gasteiger partial charge is 0.0619 e. The Kier molecular flexibility index (Phi) is 6.56. The Balaban J connectivity index is 1.64. The Morgan fingerprint density at radius 1 is 0.886 bits per heavy atom. The summed E-state index contributed by atoms with van der Waals surface area (Å²) >= 11 is 0. The van der Waals surface area contributed by atoms with Crippen molar-refractivity contribution in [3.05, 3.63) is 133 Å². The third kappa shape index (κ3) is 3.80. The van der Waals surface area contributed by atoms with Crippen LogP contribution in [0.15, 0.2) is 72.3 Å². The van der Waals surface area contributed by atoms with E-state index in [-0.39, 0.29) is 10.8 Å². The summed E-state index contributed by atoms with van der Waals surface area (Å²) in [6.07, 6.45) is 17.3. The van der Waals surface area contributed by atoms with Gasteiger partial charge in [0.15, 0.2) is 0 Å². The Labute approximate surface area is 263 Å². The second-order valence-electron chi connectivity index (χ2n) is 13.8. The van der Waals surface area contributed by atoms with Crippen molar-refractivity contribution in [3.63, 3.8) is 0 Å². The van der Waals surface area contributed by atoms with Gasteiger partial charge >= 0.3 is 0 Å². The minimum atomic E-state index is -0.200. The summed E-state index contributed by atoms with van der Waals surface area (Å²) in [7, 11) is 0. The molecule has 7 rings (SSSR count). The van der Waals surface area contributed by atoms with Crippen LogP contribution in [0.1, 0.15) is 111 Å². The lowest BCUT2D eigenvalue weighted by atomic mass is 9.66. The molecular formula is C43H43N. The first-order valence-corrected chi connectivity index (χ1v) is 16.4. The zero-order chi connectivity index (χ0) is 31.0. The molecule has 4 aromatic rings. The zero-order valence-electron chi connectivity index (χ0n) is 27.4. The molecule has 0 atom stereocenters. The number of terminal acetylenes is 1. The van der Waals surface area contributed by atoms with Crippen LogP contribution in [0.25, 0.3) is 29.0 Å². The number of hydrogen-bond donors (Lipinski definition) is 0. The molecule has 0 unspecified atom stereocenters. The van der Waals surface area contributed by atoms with Crippen molar-refractivity contribution in [2.45, 2.75) is 85.0 Å². The minimum absolute atomic E-state index is 0.0854. The van der Waals surface area contributed by atoms with Gasteiger partial charge in [0.25, 0.3) is 0 Å². The fourth-order valence-corrected chi connectivity index (χ4v) is 8.40. The third-order valence-corrected chi connectivity index (χ3v) is 10.6. The number of benzene rings is 3. The molecule has 0 aliphatic heterocycles. The molecule has 0 spiro atoms. The van der Waals surface area contributed by atoms with Gasteiger partial charge in [0, 0.05) is 44.1 Å². The fourth-order valence-electron chi connectivity index (χ4n) is 8.40. The molecule has 0 saturated carbocycles. The molecule has 0 saturated heterocycles. The number of hydrogen-bond acceptors (Lipinski definition) is 0. The average Bonchev–Trinajstić information content (AvgIpc) is 3.32.